The molecule has 1 heterocycles. The van der Waals surface area contributed by atoms with Gasteiger partial charge < -0.3 is 10.1 Å². The van der Waals surface area contributed by atoms with Gasteiger partial charge in [0.15, 0.2) is 12.3 Å². The maximum absolute atomic E-state index is 12.0. The molecule has 0 aliphatic heterocycles. The molecule has 8 heteroatoms. The minimum atomic E-state index is -0.867. The van der Waals surface area contributed by atoms with Gasteiger partial charge >= 0.3 is 5.97 Å². The molecule has 1 aromatic rings. The van der Waals surface area contributed by atoms with Crippen molar-refractivity contribution >= 4 is 11.9 Å². The van der Waals surface area contributed by atoms with Gasteiger partial charge in [-0.15, -0.1) is 0 Å². The molecule has 2 rings (SSSR count). The fourth-order valence-corrected chi connectivity index (χ4v) is 2.86. The van der Waals surface area contributed by atoms with Crippen molar-refractivity contribution in [1.29, 1.82) is 5.26 Å². The van der Waals surface area contributed by atoms with E-state index >= 15 is 0 Å². The fraction of sp³-hybridized carbons (Fsp3) is 0.588. The zero-order valence-corrected chi connectivity index (χ0v) is 14.3. The lowest BCUT2D eigenvalue weighted by Gasteiger charge is -2.31. The van der Waals surface area contributed by atoms with Crippen molar-refractivity contribution in [2.75, 3.05) is 6.61 Å². The van der Waals surface area contributed by atoms with Crippen LogP contribution in [0.15, 0.2) is 16.9 Å². The van der Waals surface area contributed by atoms with Gasteiger partial charge in [0, 0.05) is 12.6 Å². The maximum atomic E-state index is 12.0. The Kier molecular flexibility index (Phi) is 6.28. The summed E-state index contributed by atoms with van der Waals surface area (Å²) in [5, 5.41) is 15.9. The van der Waals surface area contributed by atoms with E-state index in [0.717, 1.165) is 19.3 Å². The SMILES string of the molecule is CCCn1nc(C(=O)OCC(=O)NC2(C#N)CCCCC2)ccc1=O. The number of aromatic nitrogens is 2. The summed E-state index contributed by atoms with van der Waals surface area (Å²) in [7, 11) is 0. The number of hydrogen-bond donors (Lipinski definition) is 1. The molecule has 0 unspecified atom stereocenters. The number of carbonyl (C=O) groups excluding carboxylic acids is 2. The van der Waals surface area contributed by atoms with Crippen LogP contribution in [-0.4, -0.2) is 33.8 Å². The van der Waals surface area contributed by atoms with Crippen LogP contribution in [-0.2, 0) is 16.1 Å². The first-order chi connectivity index (χ1) is 12.0. The van der Waals surface area contributed by atoms with Gasteiger partial charge in [-0.05, 0) is 25.3 Å². The van der Waals surface area contributed by atoms with Crippen LogP contribution < -0.4 is 10.9 Å². The van der Waals surface area contributed by atoms with Crippen LogP contribution in [0.5, 0.6) is 0 Å². The zero-order chi connectivity index (χ0) is 18.3. The van der Waals surface area contributed by atoms with E-state index in [0.29, 0.717) is 25.8 Å². The number of rotatable bonds is 6. The average Bonchev–Trinajstić information content (AvgIpc) is 2.62. The second-order valence-corrected chi connectivity index (χ2v) is 6.16. The van der Waals surface area contributed by atoms with Gasteiger partial charge in [0.2, 0.25) is 0 Å². The van der Waals surface area contributed by atoms with E-state index in [2.05, 4.69) is 16.5 Å². The van der Waals surface area contributed by atoms with Crippen molar-refractivity contribution in [1.82, 2.24) is 15.1 Å². The molecule has 1 aromatic heterocycles. The minimum Gasteiger partial charge on any atom is -0.451 e. The third-order valence-corrected chi connectivity index (χ3v) is 4.15. The van der Waals surface area contributed by atoms with Crippen molar-refractivity contribution in [2.24, 2.45) is 0 Å². The fourth-order valence-electron chi connectivity index (χ4n) is 2.86. The lowest BCUT2D eigenvalue weighted by molar-refractivity contribution is -0.125. The van der Waals surface area contributed by atoms with Gasteiger partial charge in [-0.1, -0.05) is 26.2 Å². The molecule has 0 atom stereocenters. The molecule has 0 radical (unpaired) electrons. The number of esters is 1. The van der Waals surface area contributed by atoms with Gasteiger partial charge in [0.25, 0.3) is 11.5 Å². The van der Waals surface area contributed by atoms with Crippen molar-refractivity contribution in [3.63, 3.8) is 0 Å². The van der Waals surface area contributed by atoms with E-state index in [9.17, 15) is 19.6 Å². The molecular formula is C17H22N4O4. The summed E-state index contributed by atoms with van der Waals surface area (Å²) in [4.78, 5) is 35.6. The first-order valence-corrected chi connectivity index (χ1v) is 8.47. The zero-order valence-electron chi connectivity index (χ0n) is 14.3. The highest BCUT2D eigenvalue weighted by Crippen LogP contribution is 2.27. The number of ether oxygens (including phenoxy) is 1. The summed E-state index contributed by atoms with van der Waals surface area (Å²) in [6.07, 6.45) is 4.73. The maximum Gasteiger partial charge on any atom is 0.359 e. The minimum absolute atomic E-state index is 0.0338. The quantitative estimate of drug-likeness (QED) is 0.773. The van der Waals surface area contributed by atoms with Crippen LogP contribution in [0.3, 0.4) is 0 Å². The summed E-state index contributed by atoms with van der Waals surface area (Å²) in [5.41, 5.74) is -1.20. The molecule has 1 amide bonds. The Balaban J connectivity index is 1.93. The third kappa shape index (κ3) is 4.89. The Hall–Kier alpha value is -2.69. The van der Waals surface area contributed by atoms with E-state index in [4.69, 9.17) is 4.74 Å². The lowest BCUT2D eigenvalue weighted by atomic mass is 9.83. The molecule has 8 nitrogen and oxygen atoms in total. The molecule has 0 spiro atoms. The number of nitriles is 1. The normalized spacial score (nSPS) is 15.8. The molecule has 134 valence electrons. The molecule has 1 saturated carbocycles. The summed E-state index contributed by atoms with van der Waals surface area (Å²) in [6, 6.07) is 4.69. The van der Waals surface area contributed by atoms with Gasteiger partial charge in [0.05, 0.1) is 6.07 Å². The van der Waals surface area contributed by atoms with Crippen molar-refractivity contribution < 1.29 is 14.3 Å². The van der Waals surface area contributed by atoms with Gasteiger partial charge in [-0.25, -0.2) is 9.48 Å². The molecule has 1 fully saturated rings. The van der Waals surface area contributed by atoms with Crippen LogP contribution in [0.2, 0.25) is 0 Å². The first kappa shape index (κ1) is 18.6. The average molecular weight is 346 g/mol. The third-order valence-electron chi connectivity index (χ3n) is 4.15. The van der Waals surface area contributed by atoms with E-state index in [1.165, 1.54) is 16.8 Å². The van der Waals surface area contributed by atoms with Crippen LogP contribution in [0, 0.1) is 11.3 Å². The van der Waals surface area contributed by atoms with Crippen LogP contribution in [0.1, 0.15) is 55.9 Å². The van der Waals surface area contributed by atoms with Gasteiger partial charge in [0.1, 0.15) is 5.54 Å². The molecule has 0 aromatic carbocycles. The molecule has 1 aliphatic carbocycles. The first-order valence-electron chi connectivity index (χ1n) is 8.47. The number of nitrogens with zero attached hydrogens (tertiary/aromatic N) is 3. The topological polar surface area (TPSA) is 114 Å². The van der Waals surface area contributed by atoms with Gasteiger partial charge in [-0.2, -0.15) is 10.4 Å². The predicted molar refractivity (Wildman–Crippen MR) is 88.6 cm³/mol. The highest BCUT2D eigenvalue weighted by Gasteiger charge is 2.33. The number of amides is 1. The highest BCUT2D eigenvalue weighted by atomic mass is 16.5. The monoisotopic (exact) mass is 346 g/mol. The number of carbonyl (C=O) groups is 2. The van der Waals surface area contributed by atoms with Crippen molar-refractivity contribution in [3.8, 4) is 6.07 Å². The Morgan fingerprint density at radius 2 is 2.08 bits per heavy atom. The van der Waals surface area contributed by atoms with E-state index in [1.54, 1.807) is 0 Å². The van der Waals surface area contributed by atoms with E-state index in [1.807, 2.05) is 6.92 Å². The van der Waals surface area contributed by atoms with E-state index < -0.39 is 24.0 Å². The highest BCUT2D eigenvalue weighted by molar-refractivity contribution is 5.89. The molecule has 1 aliphatic rings. The Morgan fingerprint density at radius 1 is 1.36 bits per heavy atom. The number of aryl methyl sites for hydroxylation is 1. The van der Waals surface area contributed by atoms with Crippen LogP contribution in [0.25, 0.3) is 0 Å². The van der Waals surface area contributed by atoms with Crippen molar-refractivity contribution in [3.05, 3.63) is 28.2 Å². The number of nitrogens with one attached hydrogen (secondary N) is 1. The van der Waals surface area contributed by atoms with Crippen LogP contribution in [0.4, 0.5) is 0 Å². The van der Waals surface area contributed by atoms with Crippen LogP contribution >= 0.6 is 0 Å². The largest absolute Gasteiger partial charge is 0.451 e. The predicted octanol–water partition coefficient (Wildman–Crippen LogP) is 1.15. The summed E-state index contributed by atoms with van der Waals surface area (Å²) < 4.78 is 6.14. The summed E-state index contributed by atoms with van der Waals surface area (Å²) in [5.74, 6) is -1.30. The molecule has 1 N–H and O–H groups in total. The Morgan fingerprint density at radius 3 is 2.72 bits per heavy atom. The second kappa shape index (κ2) is 8.42. The van der Waals surface area contributed by atoms with Crippen molar-refractivity contribution in [2.45, 2.75) is 57.5 Å². The summed E-state index contributed by atoms with van der Waals surface area (Å²) in [6.45, 7) is 1.79. The molecular weight excluding hydrogens is 324 g/mol. The van der Waals surface area contributed by atoms with Gasteiger partial charge in [-0.3, -0.25) is 9.59 Å². The molecule has 0 saturated heterocycles. The Bertz CT molecular complexity index is 729. The molecule has 25 heavy (non-hydrogen) atoms. The lowest BCUT2D eigenvalue weighted by Crippen LogP contribution is -2.50. The summed E-state index contributed by atoms with van der Waals surface area (Å²) >= 11 is 0. The molecule has 0 bridgehead atoms. The Labute approximate surface area is 145 Å². The second-order valence-electron chi connectivity index (χ2n) is 6.16. The standard InChI is InChI=1S/C17H22N4O4/c1-2-10-21-15(23)7-6-13(20-21)16(24)25-11-14(22)19-17(12-18)8-4-3-5-9-17/h6-7H,2-5,8-11H2,1H3,(H,19,22). The number of hydrogen-bond acceptors (Lipinski definition) is 6. The van der Waals surface area contributed by atoms with E-state index in [-0.39, 0.29) is 11.3 Å². The smallest absolute Gasteiger partial charge is 0.359 e.